The molecule has 8 rings (SSSR count). The summed E-state index contributed by atoms with van der Waals surface area (Å²) >= 11 is 12.5. The number of benzene rings is 8. The van der Waals surface area contributed by atoms with Crippen LogP contribution in [0.5, 0.6) is 23.0 Å². The summed E-state index contributed by atoms with van der Waals surface area (Å²) < 4.78 is 76.8. The molecule has 380 valence electrons. The number of azo groups is 2. The molecular weight excluding hydrogens is 1080 g/mol. The first kappa shape index (κ1) is 57.6. The van der Waals surface area contributed by atoms with Crippen LogP contribution < -0.4 is 25.0 Å². The Hall–Kier alpha value is -6.72. The van der Waals surface area contributed by atoms with Gasteiger partial charge in [-0.05, 0) is 107 Å². The van der Waals surface area contributed by atoms with Gasteiger partial charge in [0, 0.05) is 28.6 Å². The first-order valence-corrected chi connectivity index (χ1v) is 25.6. The van der Waals surface area contributed by atoms with Crippen molar-refractivity contribution in [3.05, 3.63) is 166 Å². The Morgan fingerprint density at radius 2 is 1.11 bits per heavy atom. The fourth-order valence-corrected chi connectivity index (χ4v) is 9.52. The molecule has 1 amide bonds. The van der Waals surface area contributed by atoms with Crippen molar-refractivity contribution >= 4 is 149 Å². The summed E-state index contributed by atoms with van der Waals surface area (Å²) in [6, 6.07) is 34.9. The second-order valence-corrected chi connectivity index (χ2v) is 19.4. The minimum Gasteiger partial charge on any atom is -0.871 e. The molecule has 0 bridgehead atoms. The third-order valence-electron chi connectivity index (χ3n) is 11.2. The molecule has 0 atom stereocenters. The number of rotatable bonds is 14. The molecule has 0 aromatic heterocycles. The number of aryl methyl sites for hydroxylation is 2. The first-order chi connectivity index (χ1) is 35.2. The van der Waals surface area contributed by atoms with Gasteiger partial charge in [0.05, 0.1) is 51.0 Å². The number of phenols is 1. The average molecular weight is 1120 g/mol. The molecule has 18 nitrogen and oxygen atoms in total. The zero-order chi connectivity index (χ0) is 53.5. The average Bonchev–Trinajstić information content (AvgIpc) is 3.37. The van der Waals surface area contributed by atoms with Crippen LogP contribution >= 0.6 is 23.2 Å². The van der Waals surface area contributed by atoms with Crippen molar-refractivity contribution < 1.29 is 55.5 Å². The summed E-state index contributed by atoms with van der Waals surface area (Å²) in [6.45, 7) is 3.42. The number of carbonyl (C=O) groups excluding carboxylic acids is 1. The van der Waals surface area contributed by atoms with Crippen LogP contribution in [0.2, 0.25) is 10.0 Å². The predicted molar refractivity (Wildman–Crippen MR) is 285 cm³/mol. The third kappa shape index (κ3) is 13.6. The van der Waals surface area contributed by atoms with Crippen LogP contribution in [0, 0.1) is 0 Å². The number of hydrogen-bond donors (Lipinski definition) is 4. The minimum absolute atomic E-state index is 0. The van der Waals surface area contributed by atoms with Crippen LogP contribution in [0.25, 0.3) is 21.5 Å². The summed E-state index contributed by atoms with van der Waals surface area (Å²) in [7, 11) is -6.09. The number of aromatic hydroxyl groups is 1. The molecule has 23 heteroatoms. The van der Waals surface area contributed by atoms with E-state index in [-0.39, 0.29) is 91.5 Å². The molecule has 75 heavy (non-hydrogen) atoms. The Bertz CT molecular complexity index is 3830. The van der Waals surface area contributed by atoms with Gasteiger partial charge in [-0.25, -0.2) is 0 Å². The van der Waals surface area contributed by atoms with E-state index in [0.29, 0.717) is 68.4 Å². The van der Waals surface area contributed by atoms with Crippen molar-refractivity contribution in [1.82, 2.24) is 0 Å². The SMILES string of the molecule is CCc1cc(Cl)c(N=Nc2c(O)c(C(=O)Nc3cccc(OC)c3)cc3ccccc23)cc1S(=O)(=O)O.CCc1cc(Cl)c(N=Nc2c([O-])c(C([O-])=Nc3cccc(OC)c3)cc3ccccc23)cc1S(=O)(=O)O.[Ca+2]. The van der Waals surface area contributed by atoms with E-state index in [0.717, 1.165) is 12.1 Å². The van der Waals surface area contributed by atoms with Crippen molar-refractivity contribution in [2.45, 2.75) is 36.5 Å². The maximum atomic E-state index is 13.3. The molecule has 0 aliphatic rings. The van der Waals surface area contributed by atoms with Gasteiger partial charge >= 0.3 is 37.7 Å². The summed E-state index contributed by atoms with van der Waals surface area (Å²) in [6.07, 6.45) is 0.602. The number of nitrogens with one attached hydrogen (secondary N) is 1. The molecule has 0 spiro atoms. The zero-order valence-electron chi connectivity index (χ0n) is 40.1. The van der Waals surface area contributed by atoms with Gasteiger partial charge in [0.2, 0.25) is 0 Å². The molecular formula is C52H42CaCl2N6O12S2. The smallest absolute Gasteiger partial charge is 0.871 e. The van der Waals surface area contributed by atoms with Crippen LogP contribution in [0.3, 0.4) is 0 Å². The quantitative estimate of drug-likeness (QED) is 0.0260. The molecule has 0 unspecified atom stereocenters. The molecule has 0 aliphatic heterocycles. The van der Waals surface area contributed by atoms with E-state index in [1.807, 2.05) is 0 Å². The molecule has 0 heterocycles. The number of phenolic OH excluding ortho intramolecular Hbond substituents is 1. The number of methoxy groups -OCH3 is 2. The Morgan fingerprint density at radius 3 is 1.63 bits per heavy atom. The first-order valence-electron chi connectivity index (χ1n) is 22.0. The monoisotopic (exact) mass is 1120 g/mol. The van der Waals surface area contributed by atoms with Gasteiger partial charge in [-0.3, -0.25) is 18.9 Å². The minimum atomic E-state index is -4.55. The number of carbonyl (C=O) groups is 1. The van der Waals surface area contributed by atoms with Crippen molar-refractivity contribution in [3.63, 3.8) is 0 Å². The van der Waals surface area contributed by atoms with E-state index < -0.39 is 43.5 Å². The number of hydrogen-bond acceptors (Lipinski definition) is 15. The van der Waals surface area contributed by atoms with Gasteiger partial charge in [-0.2, -0.15) is 21.9 Å². The Labute approximate surface area is 470 Å². The van der Waals surface area contributed by atoms with Crippen molar-refractivity contribution in [2.75, 3.05) is 19.5 Å². The zero-order valence-corrected chi connectivity index (χ0v) is 45.5. The van der Waals surface area contributed by atoms with Crippen molar-refractivity contribution in [2.24, 2.45) is 25.4 Å². The number of nitrogens with zero attached hydrogens (tertiary/aromatic N) is 5. The normalized spacial score (nSPS) is 11.9. The fourth-order valence-electron chi connectivity index (χ4n) is 7.48. The van der Waals surface area contributed by atoms with Gasteiger partial charge in [0.1, 0.15) is 28.6 Å². The second-order valence-electron chi connectivity index (χ2n) is 15.8. The van der Waals surface area contributed by atoms with E-state index in [9.17, 15) is 46.1 Å². The van der Waals surface area contributed by atoms with E-state index in [1.54, 1.807) is 111 Å². The van der Waals surface area contributed by atoms with E-state index in [1.165, 1.54) is 38.5 Å². The van der Waals surface area contributed by atoms with Crippen LogP contribution in [-0.4, -0.2) is 94.8 Å². The van der Waals surface area contributed by atoms with Gasteiger partial charge < -0.3 is 30.1 Å². The molecule has 0 fully saturated rings. The number of fused-ring (bicyclic) bond motifs is 2. The van der Waals surface area contributed by atoms with Gasteiger partial charge in [0.25, 0.3) is 26.1 Å². The van der Waals surface area contributed by atoms with E-state index in [4.69, 9.17) is 32.7 Å². The Kier molecular flexibility index (Phi) is 19.0. The van der Waals surface area contributed by atoms with Crippen molar-refractivity contribution in [3.8, 4) is 23.0 Å². The number of ether oxygens (including phenoxy) is 2. The van der Waals surface area contributed by atoms with Gasteiger partial charge in [-0.15, -0.1) is 15.3 Å². The number of halogens is 2. The van der Waals surface area contributed by atoms with E-state index in [2.05, 4.69) is 30.8 Å². The van der Waals surface area contributed by atoms with Crippen LogP contribution in [0.1, 0.15) is 40.9 Å². The standard InChI is InChI=1S/2C26H22ClN3O6S.Ca/c2*1-3-15-12-21(27)22(14-23(15)37(33,34)35)29-30-24-19-10-5-4-7-16(19)11-20(25(24)31)26(32)28-17-8-6-9-18(13-17)36-2;/h2*4-14,31H,3H2,1-2H3,(H,28,32)(H,33,34,35);/q;;+2/p-2. The summed E-state index contributed by atoms with van der Waals surface area (Å²) in [5.41, 5.74) is 0.826. The third-order valence-corrected chi connectivity index (χ3v) is 13.6. The summed E-state index contributed by atoms with van der Waals surface area (Å²) in [5.74, 6) is -1.47. The van der Waals surface area contributed by atoms with Crippen LogP contribution in [0.15, 0.2) is 169 Å². The number of aliphatic imine (C=N–C) groups is 1. The van der Waals surface area contributed by atoms with Crippen LogP contribution in [0.4, 0.5) is 34.1 Å². The summed E-state index contributed by atoms with van der Waals surface area (Å²) in [4.78, 5) is 16.4. The predicted octanol–water partition coefficient (Wildman–Crippen LogP) is 11.5. The fraction of sp³-hybridized carbons (Fsp3) is 0.115. The van der Waals surface area contributed by atoms with E-state index >= 15 is 0 Å². The summed E-state index contributed by atoms with van der Waals surface area (Å²) in [5, 5.41) is 58.6. The Balaban J connectivity index is 0.000000241. The van der Waals surface area contributed by atoms with Crippen molar-refractivity contribution in [1.29, 1.82) is 0 Å². The van der Waals surface area contributed by atoms with Gasteiger partial charge in [-0.1, -0.05) is 103 Å². The maximum absolute atomic E-state index is 13.3. The number of anilines is 1. The second kappa shape index (κ2) is 24.7. The largest absolute Gasteiger partial charge is 2.00 e. The molecule has 4 N–H and O–H groups in total. The number of amides is 1. The molecule has 0 saturated carbocycles. The molecule has 8 aromatic rings. The molecule has 0 aliphatic carbocycles. The maximum Gasteiger partial charge on any atom is 2.00 e. The van der Waals surface area contributed by atoms with Crippen LogP contribution in [-0.2, 0) is 33.1 Å². The molecule has 8 aromatic carbocycles. The topological polar surface area (TPSA) is 284 Å². The Morgan fingerprint density at radius 1 is 0.627 bits per heavy atom. The van der Waals surface area contributed by atoms with Gasteiger partial charge in [0.15, 0.2) is 5.75 Å². The molecule has 0 radical (unpaired) electrons. The molecule has 0 saturated heterocycles.